The number of ether oxygens (including phenoxy) is 2. The number of hydrogen-bond donors (Lipinski definition) is 6. The molecule has 4 aliphatic rings. The molecule has 2 heterocycles. The number of benzene rings is 4. The van der Waals surface area contributed by atoms with E-state index < -0.39 is 36.0 Å². The van der Waals surface area contributed by atoms with E-state index in [2.05, 4.69) is 31.9 Å². The third-order valence-electron chi connectivity index (χ3n) is 19.0. The topological polar surface area (TPSA) is 240 Å². The van der Waals surface area contributed by atoms with E-state index >= 15 is 0 Å². The molecule has 0 radical (unpaired) electrons. The van der Waals surface area contributed by atoms with Gasteiger partial charge < -0.3 is 61.0 Å². The normalized spacial score (nSPS) is 19.7. The van der Waals surface area contributed by atoms with Crippen LogP contribution in [0.1, 0.15) is 145 Å². The van der Waals surface area contributed by atoms with Crippen LogP contribution < -0.4 is 31.9 Å². The summed E-state index contributed by atoms with van der Waals surface area (Å²) in [5.74, 6) is -2.29. The molecule has 2 aliphatic carbocycles. The highest BCUT2D eigenvalue weighted by Crippen LogP contribution is 2.33. The van der Waals surface area contributed by atoms with Gasteiger partial charge in [-0.2, -0.15) is 0 Å². The Kier molecular flexibility index (Phi) is 28.6. The van der Waals surface area contributed by atoms with E-state index in [1.165, 1.54) is 0 Å². The Morgan fingerprint density at radius 2 is 0.859 bits per heavy atom. The number of methoxy groups -OCH3 is 2. The predicted octanol–water partition coefficient (Wildman–Crippen LogP) is 8.04. The van der Waals surface area contributed by atoms with Crippen molar-refractivity contribution in [3.8, 4) is 11.1 Å². The Morgan fingerprint density at radius 3 is 1.18 bits per heavy atom. The van der Waals surface area contributed by atoms with Gasteiger partial charge in [0.15, 0.2) is 0 Å². The van der Waals surface area contributed by atoms with Crippen LogP contribution in [-0.2, 0) is 51.1 Å². The van der Waals surface area contributed by atoms with Crippen molar-refractivity contribution in [2.24, 2.45) is 11.8 Å². The molecule has 0 bridgehead atoms. The lowest BCUT2D eigenvalue weighted by molar-refractivity contribution is -0.141. The lowest BCUT2D eigenvalue weighted by Crippen LogP contribution is -2.58. The molecule has 4 fully saturated rings. The minimum Gasteiger partial charge on any atom is -0.380 e. The Labute approximate surface area is 554 Å². The van der Waals surface area contributed by atoms with Gasteiger partial charge in [-0.1, -0.05) is 137 Å². The summed E-state index contributed by atoms with van der Waals surface area (Å²) in [6, 6.07) is 30.4. The van der Waals surface area contributed by atoms with E-state index in [1.54, 1.807) is 110 Å². The van der Waals surface area contributed by atoms with Crippen molar-refractivity contribution in [1.82, 2.24) is 51.5 Å². The van der Waals surface area contributed by atoms with Crippen molar-refractivity contribution in [2.75, 3.05) is 80.7 Å². The summed E-state index contributed by atoms with van der Waals surface area (Å²) in [6.45, 7) is 8.78. The summed E-state index contributed by atoms with van der Waals surface area (Å²) in [6.07, 6.45) is 11.1. The van der Waals surface area contributed by atoms with Crippen LogP contribution in [0.15, 0.2) is 109 Å². The maximum atomic E-state index is 14.7. The molecule has 512 valence electrons. The second-order valence-corrected chi connectivity index (χ2v) is 24.9. The fraction of sp³-hybridized carbons (Fsp3) is 0.556. The van der Waals surface area contributed by atoms with Crippen LogP contribution in [0.5, 0.6) is 0 Å². The highest BCUT2D eigenvalue weighted by Gasteiger charge is 2.45. The highest BCUT2D eigenvalue weighted by molar-refractivity contribution is 5.98. The SMILES string of the molecule is CC.CN[C@@H](C)C(=O)N[C@H](C(=O)N1C[C@@H](OC)C[C@H]1CN(CCc1ccccc1)C(=O)CNC(=O)c1ccc(-c2ccc(C(=O)NCC(=O)N(CCc3ccccc3)C[C@@H]3C[C@H](OC)CN3C(=O)[C@@H](NC(=O)[C@H](C)NC)C3CCCCC3)cc2)cc1)C1CCCCC1.[HH].[HH].[HH].[HH].[HH].[HH]. The number of likely N-dealkylation sites (N-methyl/N-ethyl adjacent to an activating group) is 2. The van der Waals surface area contributed by atoms with Crippen LogP contribution in [0.4, 0.5) is 0 Å². The predicted molar refractivity (Wildman–Crippen MR) is 370 cm³/mol. The number of carbonyl (C=O) groups excluding carboxylic acids is 8. The fourth-order valence-electron chi connectivity index (χ4n) is 13.2. The molecule has 2 aliphatic heterocycles. The third kappa shape index (κ3) is 20.2. The number of amides is 8. The van der Waals surface area contributed by atoms with Gasteiger partial charge in [0.2, 0.25) is 35.4 Å². The molecule has 4 aromatic rings. The van der Waals surface area contributed by atoms with Crippen LogP contribution >= 0.6 is 0 Å². The molecule has 8 atom stereocenters. The molecular weight excluding hydrogens is 1160 g/mol. The molecule has 92 heavy (non-hydrogen) atoms. The number of rotatable bonds is 29. The van der Waals surface area contributed by atoms with Gasteiger partial charge in [0, 0.05) is 73.2 Å². The van der Waals surface area contributed by atoms with Crippen LogP contribution in [-0.4, -0.2) is 196 Å². The molecule has 6 N–H and O–H groups in total. The molecule has 0 spiro atoms. The van der Waals surface area contributed by atoms with Crippen molar-refractivity contribution < 1.29 is 56.4 Å². The van der Waals surface area contributed by atoms with Gasteiger partial charge >= 0.3 is 0 Å². The van der Waals surface area contributed by atoms with Gasteiger partial charge in [0.1, 0.15) is 12.1 Å². The quantitative estimate of drug-likeness (QED) is 0.0303. The molecule has 2 saturated heterocycles. The molecular formula is C72H114N10O10. The van der Waals surface area contributed by atoms with Crippen molar-refractivity contribution >= 4 is 47.3 Å². The van der Waals surface area contributed by atoms with Crippen molar-refractivity contribution in [3.63, 3.8) is 0 Å². The first-order valence-electron chi connectivity index (χ1n) is 33.6. The van der Waals surface area contributed by atoms with Gasteiger partial charge in [0.25, 0.3) is 11.8 Å². The molecule has 20 nitrogen and oxygen atoms in total. The molecule has 2 saturated carbocycles. The smallest absolute Gasteiger partial charge is 0.251 e. The van der Waals surface area contributed by atoms with Gasteiger partial charge in [-0.15, -0.1) is 0 Å². The number of carbonyl (C=O) groups is 8. The standard InChI is InChI=1S/C70H96N10O10.C2H6.6H2/c1-47(71-3)65(83)75-63(53-23-15-9-16-24-53)69(87)79-45-59(89-5)39-57(79)43-77(37-35-49-19-11-7-12-20-49)61(81)41-73-67(85)55-31-27-51(28-32-55)52-29-33-56(34-30-52)68(86)74-42-62(82)78(38-36-50-21-13-8-14-22-50)44-58-40-60(90-6)46-80(58)70(88)64(54-25-17-10-18-26-54)76-66(84)48(2)72-4;1-2;;;;;;/h7-8,11-14,19-22,27-34,47-48,53-54,57-60,63-64,71-72H,9-10,15-18,23-26,35-46H2,1-6H3,(H,73,85)(H,74,86)(H,75,83)(H,76,84);1-2H3;6*1H/t47-,48-,57-,58-,59-,60-,63-,64-;;;;;;;/m0......./s1. The second kappa shape index (κ2) is 36.7. The van der Waals surface area contributed by atoms with Gasteiger partial charge in [-0.3, -0.25) is 38.4 Å². The zero-order chi connectivity index (χ0) is 66.1. The van der Waals surface area contributed by atoms with Crippen LogP contribution in [0, 0.1) is 11.8 Å². The summed E-state index contributed by atoms with van der Waals surface area (Å²) in [5, 5.41) is 17.8. The summed E-state index contributed by atoms with van der Waals surface area (Å²) >= 11 is 0. The number of likely N-dealkylation sites (tertiary alicyclic amines) is 2. The summed E-state index contributed by atoms with van der Waals surface area (Å²) in [4.78, 5) is 119. The molecule has 8 rings (SSSR count). The summed E-state index contributed by atoms with van der Waals surface area (Å²) < 4.78 is 11.7. The Hall–Kier alpha value is -7.52. The summed E-state index contributed by atoms with van der Waals surface area (Å²) in [7, 11) is 6.68. The Balaban J connectivity index is 0.00000595. The fourth-order valence-corrected chi connectivity index (χ4v) is 13.2. The van der Waals surface area contributed by atoms with Crippen LogP contribution in [0.25, 0.3) is 11.1 Å². The number of nitrogens with one attached hydrogen (secondary N) is 6. The van der Waals surface area contributed by atoms with E-state index in [0.29, 0.717) is 63.0 Å². The average molecular weight is 1280 g/mol. The minimum absolute atomic E-state index is 0. The van der Waals surface area contributed by atoms with Crippen molar-refractivity contribution in [2.45, 2.75) is 166 Å². The zero-order valence-electron chi connectivity index (χ0n) is 55.6. The highest BCUT2D eigenvalue weighted by atomic mass is 16.5. The van der Waals surface area contributed by atoms with Crippen molar-refractivity contribution in [3.05, 3.63) is 131 Å². The van der Waals surface area contributed by atoms with Crippen LogP contribution in [0.2, 0.25) is 0 Å². The summed E-state index contributed by atoms with van der Waals surface area (Å²) in [5.41, 5.74) is 4.34. The zero-order valence-corrected chi connectivity index (χ0v) is 55.6. The lowest BCUT2D eigenvalue weighted by atomic mass is 9.83. The molecule has 0 aromatic heterocycles. The van der Waals surface area contributed by atoms with Gasteiger partial charge in [0.05, 0.1) is 49.5 Å². The van der Waals surface area contributed by atoms with E-state index in [1.807, 2.05) is 74.5 Å². The van der Waals surface area contributed by atoms with E-state index in [0.717, 1.165) is 86.5 Å². The molecule has 8 amide bonds. The average Bonchev–Trinajstić information content (AvgIpc) is 1.61. The van der Waals surface area contributed by atoms with Crippen LogP contribution in [0.3, 0.4) is 0 Å². The third-order valence-corrected chi connectivity index (χ3v) is 19.0. The Morgan fingerprint density at radius 1 is 0.511 bits per heavy atom. The first-order chi connectivity index (χ1) is 44.6. The maximum Gasteiger partial charge on any atom is 0.251 e. The molecule has 20 heteroatoms. The minimum atomic E-state index is -0.705. The molecule has 4 aromatic carbocycles. The lowest BCUT2D eigenvalue weighted by Gasteiger charge is -2.36. The maximum absolute atomic E-state index is 14.7. The molecule has 0 unspecified atom stereocenters. The van der Waals surface area contributed by atoms with Crippen molar-refractivity contribution in [1.29, 1.82) is 0 Å². The van der Waals surface area contributed by atoms with Gasteiger partial charge in [-0.05, 0) is 138 Å². The number of nitrogens with zero attached hydrogens (tertiary/aromatic N) is 4. The monoisotopic (exact) mass is 1280 g/mol. The number of hydrogen-bond acceptors (Lipinski definition) is 12. The second-order valence-electron chi connectivity index (χ2n) is 24.9. The van der Waals surface area contributed by atoms with Gasteiger partial charge in [-0.25, -0.2) is 0 Å². The first kappa shape index (κ1) is 71.9. The largest absolute Gasteiger partial charge is 0.380 e. The Bertz CT molecular complexity index is 2830. The first-order valence-corrected chi connectivity index (χ1v) is 33.6. The van der Waals surface area contributed by atoms with E-state index in [-0.39, 0.29) is 106 Å². The van der Waals surface area contributed by atoms with E-state index in [4.69, 9.17) is 9.47 Å². The van der Waals surface area contributed by atoms with E-state index in [9.17, 15) is 38.4 Å².